The Morgan fingerprint density at radius 3 is 3.11 bits per heavy atom. The van der Waals surface area contributed by atoms with Crippen LogP contribution < -0.4 is 0 Å². The van der Waals surface area contributed by atoms with E-state index in [1.54, 1.807) is 0 Å². The number of amides is 1. The normalized spacial score (nSPS) is 19.0. The first kappa shape index (κ1) is 11.9. The average Bonchev–Trinajstić information content (AvgIpc) is 3.02. The third-order valence-electron chi connectivity index (χ3n) is 3.79. The van der Waals surface area contributed by atoms with Gasteiger partial charge in [0.15, 0.2) is 0 Å². The number of aromatic nitrogens is 1. The molecular weight excluding hydrogens is 236 g/mol. The lowest BCUT2D eigenvalue weighted by Crippen LogP contribution is -2.27. The fraction of sp³-hybridized carbons (Fsp3) is 0.312. The minimum absolute atomic E-state index is 0.0931. The number of hydrogen-bond donors (Lipinski definition) is 1. The van der Waals surface area contributed by atoms with Gasteiger partial charge < -0.3 is 9.88 Å². The summed E-state index contributed by atoms with van der Waals surface area (Å²) in [6.45, 7) is 1.46. The lowest BCUT2D eigenvalue weighted by molar-refractivity contribution is -0.127. The number of aromatic amines is 1. The van der Waals surface area contributed by atoms with Crippen LogP contribution in [0.25, 0.3) is 10.9 Å². The van der Waals surface area contributed by atoms with E-state index < -0.39 is 0 Å². The van der Waals surface area contributed by atoms with Crippen molar-refractivity contribution in [2.45, 2.75) is 12.8 Å². The van der Waals surface area contributed by atoms with Crippen molar-refractivity contribution in [2.24, 2.45) is 5.92 Å². The van der Waals surface area contributed by atoms with E-state index in [-0.39, 0.29) is 11.8 Å². The molecule has 1 aliphatic rings. The first-order chi connectivity index (χ1) is 9.28. The predicted octanol–water partition coefficient (Wildman–Crippen LogP) is 2.19. The molecule has 3 heteroatoms. The summed E-state index contributed by atoms with van der Waals surface area (Å²) in [5, 5.41) is 1.24. The van der Waals surface area contributed by atoms with Crippen LogP contribution in [0.2, 0.25) is 0 Å². The SMILES string of the molecule is C#CC1CC(=O)N(CCc2cccc3[nH]ccc23)C1. The Labute approximate surface area is 112 Å². The van der Waals surface area contributed by atoms with E-state index in [2.05, 4.69) is 29.1 Å². The third-order valence-corrected chi connectivity index (χ3v) is 3.79. The zero-order valence-corrected chi connectivity index (χ0v) is 10.7. The Morgan fingerprint density at radius 1 is 1.42 bits per heavy atom. The largest absolute Gasteiger partial charge is 0.361 e. The fourth-order valence-corrected chi connectivity index (χ4v) is 2.72. The Hall–Kier alpha value is -2.21. The first-order valence-corrected chi connectivity index (χ1v) is 6.57. The molecule has 2 heterocycles. The molecule has 1 saturated heterocycles. The molecule has 1 N–H and O–H groups in total. The van der Waals surface area contributed by atoms with Gasteiger partial charge in [-0.2, -0.15) is 0 Å². The molecule has 0 radical (unpaired) electrons. The summed E-state index contributed by atoms with van der Waals surface area (Å²) >= 11 is 0. The maximum atomic E-state index is 11.8. The molecule has 96 valence electrons. The lowest BCUT2D eigenvalue weighted by atomic mass is 10.1. The summed E-state index contributed by atoms with van der Waals surface area (Å²) in [5.41, 5.74) is 2.42. The lowest BCUT2D eigenvalue weighted by Gasteiger charge is -2.16. The van der Waals surface area contributed by atoms with Gasteiger partial charge in [-0.05, 0) is 24.1 Å². The fourth-order valence-electron chi connectivity index (χ4n) is 2.72. The van der Waals surface area contributed by atoms with Crippen LogP contribution in [0.5, 0.6) is 0 Å². The zero-order chi connectivity index (χ0) is 13.2. The number of carbonyl (C=O) groups is 1. The number of benzene rings is 1. The monoisotopic (exact) mass is 252 g/mol. The predicted molar refractivity (Wildman–Crippen MR) is 75.5 cm³/mol. The van der Waals surface area contributed by atoms with E-state index in [1.807, 2.05) is 17.2 Å². The van der Waals surface area contributed by atoms with Crippen LogP contribution in [0.15, 0.2) is 30.5 Å². The van der Waals surface area contributed by atoms with Crippen LogP contribution in [-0.2, 0) is 11.2 Å². The molecule has 1 amide bonds. The molecule has 0 bridgehead atoms. The second-order valence-electron chi connectivity index (χ2n) is 5.01. The van der Waals surface area contributed by atoms with Crippen LogP contribution in [-0.4, -0.2) is 28.9 Å². The van der Waals surface area contributed by atoms with E-state index in [9.17, 15) is 4.79 Å². The molecule has 0 saturated carbocycles. The highest BCUT2D eigenvalue weighted by Gasteiger charge is 2.27. The first-order valence-electron chi connectivity index (χ1n) is 6.57. The van der Waals surface area contributed by atoms with Gasteiger partial charge in [-0.1, -0.05) is 12.1 Å². The molecule has 0 spiro atoms. The van der Waals surface area contributed by atoms with Crippen LogP contribution >= 0.6 is 0 Å². The molecule has 19 heavy (non-hydrogen) atoms. The van der Waals surface area contributed by atoms with Crippen molar-refractivity contribution in [3.63, 3.8) is 0 Å². The number of nitrogens with zero attached hydrogens (tertiary/aromatic N) is 1. The molecule has 1 atom stereocenters. The van der Waals surface area contributed by atoms with Gasteiger partial charge in [0.25, 0.3) is 0 Å². The maximum Gasteiger partial charge on any atom is 0.223 e. The van der Waals surface area contributed by atoms with Gasteiger partial charge in [0.1, 0.15) is 0 Å². The van der Waals surface area contributed by atoms with E-state index in [1.165, 1.54) is 10.9 Å². The molecule has 3 nitrogen and oxygen atoms in total. The Morgan fingerprint density at radius 2 is 2.32 bits per heavy atom. The topological polar surface area (TPSA) is 36.1 Å². The number of nitrogens with one attached hydrogen (secondary N) is 1. The molecule has 1 aliphatic heterocycles. The van der Waals surface area contributed by atoms with Gasteiger partial charge in [0.05, 0.1) is 0 Å². The summed E-state index contributed by atoms with van der Waals surface area (Å²) in [7, 11) is 0. The van der Waals surface area contributed by atoms with Crippen molar-refractivity contribution in [2.75, 3.05) is 13.1 Å². The number of H-pyrrole nitrogens is 1. The standard InChI is InChI=1S/C16H16N2O/c1-2-12-10-16(19)18(11-12)9-7-13-4-3-5-15-14(13)6-8-17-15/h1,3-6,8,12,17H,7,9-11H2. The van der Waals surface area contributed by atoms with Crippen molar-refractivity contribution in [1.82, 2.24) is 9.88 Å². The molecule has 0 aliphatic carbocycles. The van der Waals surface area contributed by atoms with Gasteiger partial charge in [-0.25, -0.2) is 0 Å². The van der Waals surface area contributed by atoms with Crippen molar-refractivity contribution in [3.05, 3.63) is 36.0 Å². The van der Waals surface area contributed by atoms with Crippen molar-refractivity contribution < 1.29 is 4.79 Å². The van der Waals surface area contributed by atoms with E-state index >= 15 is 0 Å². The second-order valence-corrected chi connectivity index (χ2v) is 5.01. The van der Waals surface area contributed by atoms with Crippen molar-refractivity contribution >= 4 is 16.8 Å². The molecule has 1 aromatic carbocycles. The molecule has 2 aromatic rings. The second kappa shape index (κ2) is 4.81. The summed E-state index contributed by atoms with van der Waals surface area (Å²) in [5.74, 6) is 2.96. The van der Waals surface area contributed by atoms with Crippen molar-refractivity contribution in [1.29, 1.82) is 0 Å². The number of rotatable bonds is 3. The molecule has 1 aromatic heterocycles. The molecule has 3 rings (SSSR count). The number of likely N-dealkylation sites (tertiary alicyclic amines) is 1. The number of hydrogen-bond acceptors (Lipinski definition) is 1. The minimum Gasteiger partial charge on any atom is -0.361 e. The van der Waals surface area contributed by atoms with Gasteiger partial charge in [0, 0.05) is 42.5 Å². The number of terminal acetylenes is 1. The molecule has 1 unspecified atom stereocenters. The summed E-state index contributed by atoms with van der Waals surface area (Å²) in [6.07, 6.45) is 8.72. The van der Waals surface area contributed by atoms with Crippen molar-refractivity contribution in [3.8, 4) is 12.3 Å². The Balaban J connectivity index is 1.72. The number of carbonyl (C=O) groups excluding carboxylic acids is 1. The smallest absolute Gasteiger partial charge is 0.223 e. The molecular formula is C16H16N2O. The summed E-state index contributed by atoms with van der Waals surface area (Å²) < 4.78 is 0. The van der Waals surface area contributed by atoms with Crippen LogP contribution in [0.1, 0.15) is 12.0 Å². The summed E-state index contributed by atoms with van der Waals surface area (Å²) in [4.78, 5) is 16.9. The van der Waals surface area contributed by atoms with Gasteiger partial charge >= 0.3 is 0 Å². The van der Waals surface area contributed by atoms with E-state index in [0.29, 0.717) is 13.0 Å². The highest BCUT2D eigenvalue weighted by atomic mass is 16.2. The Bertz CT molecular complexity index is 650. The van der Waals surface area contributed by atoms with Gasteiger partial charge in [0.2, 0.25) is 5.91 Å². The van der Waals surface area contributed by atoms with E-state index in [0.717, 1.165) is 18.5 Å². The quantitative estimate of drug-likeness (QED) is 0.835. The highest BCUT2D eigenvalue weighted by Crippen LogP contribution is 2.20. The Kier molecular flexibility index (Phi) is 3.00. The van der Waals surface area contributed by atoms with Crippen LogP contribution in [0, 0.1) is 18.3 Å². The molecule has 1 fully saturated rings. The van der Waals surface area contributed by atoms with Gasteiger partial charge in [-0.15, -0.1) is 12.3 Å². The zero-order valence-electron chi connectivity index (χ0n) is 10.7. The van der Waals surface area contributed by atoms with Crippen LogP contribution in [0.3, 0.4) is 0 Å². The maximum absolute atomic E-state index is 11.8. The minimum atomic E-state index is 0.0931. The third kappa shape index (κ3) is 2.22. The summed E-state index contributed by atoms with van der Waals surface area (Å²) in [6, 6.07) is 8.31. The van der Waals surface area contributed by atoms with Crippen LogP contribution in [0.4, 0.5) is 0 Å². The highest BCUT2D eigenvalue weighted by molar-refractivity contribution is 5.83. The number of fused-ring (bicyclic) bond motifs is 1. The average molecular weight is 252 g/mol. The van der Waals surface area contributed by atoms with Gasteiger partial charge in [-0.3, -0.25) is 4.79 Å². The van der Waals surface area contributed by atoms with E-state index in [4.69, 9.17) is 6.42 Å².